The van der Waals surface area contributed by atoms with Crippen LogP contribution in [0.4, 0.5) is 0 Å². The molecule has 0 bridgehead atoms. The van der Waals surface area contributed by atoms with Crippen LogP contribution in [0.25, 0.3) is 0 Å². The van der Waals surface area contributed by atoms with Crippen LogP contribution < -0.4 is 0 Å². The topological polar surface area (TPSA) is 65.7 Å². The van der Waals surface area contributed by atoms with Gasteiger partial charge in [-0.2, -0.15) is 0 Å². The van der Waals surface area contributed by atoms with Crippen LogP contribution in [0.2, 0.25) is 0 Å². The Hall–Kier alpha value is -0.740. The van der Waals surface area contributed by atoms with E-state index in [-0.39, 0.29) is 11.8 Å². The number of hydrogen-bond donors (Lipinski definition) is 2. The smallest absolute Gasteiger partial charge is 0.116 e. The number of nitrogens with zero attached hydrogens (tertiary/aromatic N) is 1. The fourth-order valence-electron chi connectivity index (χ4n) is 1.12. The molecule has 0 aromatic heterocycles. The summed E-state index contributed by atoms with van der Waals surface area (Å²) in [7, 11) is 0. The van der Waals surface area contributed by atoms with Crippen LogP contribution in [-0.4, -0.2) is 36.5 Å². The first kappa shape index (κ1) is 9.35. The van der Waals surface area contributed by atoms with Crippen LogP contribution in [0.5, 0.6) is 0 Å². The van der Waals surface area contributed by atoms with Crippen LogP contribution in [0.15, 0.2) is 4.99 Å². The predicted molar refractivity (Wildman–Crippen MR) is 46.8 cm³/mol. The third kappa shape index (κ3) is 2.71. The van der Waals surface area contributed by atoms with E-state index in [1.807, 2.05) is 0 Å². The van der Waals surface area contributed by atoms with Crippen molar-refractivity contribution >= 4 is 12.1 Å². The summed E-state index contributed by atoms with van der Waals surface area (Å²) in [5, 5.41) is 16.5. The molecule has 68 valence electrons. The Bertz CT molecular complexity index is 191. The maximum absolute atomic E-state index is 9.40. The van der Waals surface area contributed by atoms with Crippen molar-refractivity contribution < 1.29 is 9.84 Å². The summed E-state index contributed by atoms with van der Waals surface area (Å²) in [6.45, 7) is 2.67. The lowest BCUT2D eigenvalue weighted by Gasteiger charge is -2.24. The molecule has 1 heterocycles. The Morgan fingerprint density at radius 2 is 2.50 bits per heavy atom. The fraction of sp³-hybridized carbons (Fsp3) is 0.750. The zero-order valence-corrected chi connectivity index (χ0v) is 7.16. The van der Waals surface area contributed by atoms with Crippen LogP contribution in [0.1, 0.15) is 13.3 Å². The van der Waals surface area contributed by atoms with Crippen molar-refractivity contribution in [3.05, 3.63) is 0 Å². The van der Waals surface area contributed by atoms with Gasteiger partial charge in [-0.15, -0.1) is 0 Å². The molecule has 0 radical (unpaired) electrons. The average molecular weight is 170 g/mol. The van der Waals surface area contributed by atoms with Gasteiger partial charge in [0, 0.05) is 18.7 Å². The number of aliphatic hydroxyl groups is 1. The summed E-state index contributed by atoms with van der Waals surface area (Å²) in [5.74, 6) is 0.327. The molecule has 1 fully saturated rings. The van der Waals surface area contributed by atoms with Crippen molar-refractivity contribution in [3.8, 4) is 0 Å². The lowest BCUT2D eigenvalue weighted by atomic mass is 9.99. The Kier molecular flexibility index (Phi) is 3.37. The number of rotatable bonds is 1. The van der Waals surface area contributed by atoms with Gasteiger partial charge >= 0.3 is 0 Å². The van der Waals surface area contributed by atoms with E-state index in [9.17, 15) is 5.11 Å². The lowest BCUT2D eigenvalue weighted by Crippen LogP contribution is -2.33. The lowest BCUT2D eigenvalue weighted by molar-refractivity contribution is -0.0230. The molecule has 4 nitrogen and oxygen atoms in total. The second-order valence-corrected chi connectivity index (χ2v) is 2.96. The first-order chi connectivity index (χ1) is 5.70. The van der Waals surface area contributed by atoms with Crippen LogP contribution in [-0.2, 0) is 4.74 Å². The number of amidine groups is 1. The Labute approximate surface area is 71.8 Å². The molecule has 1 saturated heterocycles. The van der Waals surface area contributed by atoms with Gasteiger partial charge in [-0.05, 0) is 13.3 Å². The minimum absolute atomic E-state index is 0.0547. The molecule has 1 aliphatic rings. The van der Waals surface area contributed by atoms with E-state index in [0.29, 0.717) is 13.2 Å². The number of nitrogens with one attached hydrogen (secondary N) is 1. The molecule has 1 aliphatic heterocycles. The quantitative estimate of drug-likeness (QED) is 0.443. The largest absolute Gasteiger partial charge is 0.390 e. The molecule has 1 rings (SSSR count). The predicted octanol–water partition coefficient (Wildman–Crippen LogP) is 0.452. The molecule has 0 aliphatic carbocycles. The zero-order chi connectivity index (χ0) is 8.97. The molecule has 12 heavy (non-hydrogen) atoms. The van der Waals surface area contributed by atoms with Gasteiger partial charge in [-0.1, -0.05) is 0 Å². The normalized spacial score (nSPS) is 30.8. The molecule has 0 aromatic carbocycles. The van der Waals surface area contributed by atoms with Crippen molar-refractivity contribution in [2.45, 2.75) is 19.4 Å². The third-order valence-corrected chi connectivity index (χ3v) is 1.84. The molecule has 0 spiro atoms. The van der Waals surface area contributed by atoms with E-state index in [1.54, 1.807) is 13.1 Å². The van der Waals surface area contributed by atoms with E-state index in [2.05, 4.69) is 4.99 Å². The molecule has 0 saturated carbocycles. The number of hydrogen-bond acceptors (Lipinski definition) is 3. The Morgan fingerprint density at radius 3 is 3.08 bits per heavy atom. The van der Waals surface area contributed by atoms with E-state index in [4.69, 9.17) is 10.1 Å². The van der Waals surface area contributed by atoms with Crippen molar-refractivity contribution in [1.82, 2.24) is 0 Å². The van der Waals surface area contributed by atoms with Gasteiger partial charge in [0.1, 0.15) is 5.84 Å². The minimum Gasteiger partial charge on any atom is -0.390 e. The second-order valence-electron chi connectivity index (χ2n) is 2.96. The summed E-state index contributed by atoms with van der Waals surface area (Å²) in [5.41, 5.74) is 0. The summed E-state index contributed by atoms with van der Waals surface area (Å²) >= 11 is 0. The molecular formula is C8H14N2O2. The molecule has 1 unspecified atom stereocenters. The van der Waals surface area contributed by atoms with Crippen LogP contribution >= 0.6 is 0 Å². The van der Waals surface area contributed by atoms with Crippen molar-refractivity contribution in [1.29, 1.82) is 5.41 Å². The van der Waals surface area contributed by atoms with E-state index < -0.39 is 6.10 Å². The van der Waals surface area contributed by atoms with Crippen molar-refractivity contribution in [3.63, 3.8) is 0 Å². The van der Waals surface area contributed by atoms with Gasteiger partial charge < -0.3 is 9.84 Å². The van der Waals surface area contributed by atoms with Gasteiger partial charge in [0.2, 0.25) is 0 Å². The standard InChI is InChI=1S/C8H14N2O2/c1-6(9)10-4-7-2-3-12-5-8(7)11/h4,7-9,11H,2-3,5H2,1H3/t7?,8-/m1/s1. The highest BCUT2D eigenvalue weighted by Gasteiger charge is 2.21. The highest BCUT2D eigenvalue weighted by molar-refractivity contribution is 5.85. The van der Waals surface area contributed by atoms with Crippen molar-refractivity contribution in [2.24, 2.45) is 10.9 Å². The molecule has 0 aromatic rings. The number of aliphatic hydroxyl groups excluding tert-OH is 1. The number of aliphatic imine (C=N–C) groups is 1. The van der Waals surface area contributed by atoms with E-state index >= 15 is 0 Å². The van der Waals surface area contributed by atoms with Gasteiger partial charge in [0.05, 0.1) is 12.7 Å². The maximum Gasteiger partial charge on any atom is 0.116 e. The summed E-state index contributed by atoms with van der Waals surface area (Å²) in [4.78, 5) is 3.84. The van der Waals surface area contributed by atoms with E-state index in [0.717, 1.165) is 6.42 Å². The SMILES string of the molecule is CC(=N)N=CC1CCOC[C@H]1O. The van der Waals surface area contributed by atoms with Crippen molar-refractivity contribution in [2.75, 3.05) is 13.2 Å². The third-order valence-electron chi connectivity index (χ3n) is 1.84. The monoisotopic (exact) mass is 170 g/mol. The van der Waals surface area contributed by atoms with Crippen LogP contribution in [0, 0.1) is 11.3 Å². The Balaban J connectivity index is 2.43. The molecule has 4 heteroatoms. The van der Waals surface area contributed by atoms with Gasteiger partial charge in [-0.25, -0.2) is 4.99 Å². The maximum atomic E-state index is 9.40. The molecule has 2 N–H and O–H groups in total. The molecule has 0 amide bonds. The summed E-state index contributed by atoms with van der Waals surface area (Å²) in [6.07, 6.45) is 1.98. The molecular weight excluding hydrogens is 156 g/mol. The summed E-state index contributed by atoms with van der Waals surface area (Å²) < 4.78 is 5.05. The highest BCUT2D eigenvalue weighted by atomic mass is 16.5. The zero-order valence-electron chi connectivity index (χ0n) is 7.16. The fourth-order valence-corrected chi connectivity index (χ4v) is 1.12. The highest BCUT2D eigenvalue weighted by Crippen LogP contribution is 2.12. The first-order valence-corrected chi connectivity index (χ1v) is 4.05. The van der Waals surface area contributed by atoms with E-state index in [1.165, 1.54) is 0 Å². The first-order valence-electron chi connectivity index (χ1n) is 4.05. The Morgan fingerprint density at radius 1 is 1.75 bits per heavy atom. The summed E-state index contributed by atoms with van der Waals surface area (Å²) in [6, 6.07) is 0. The van der Waals surface area contributed by atoms with Gasteiger partial charge in [-0.3, -0.25) is 5.41 Å². The van der Waals surface area contributed by atoms with Gasteiger partial charge in [0.15, 0.2) is 0 Å². The number of ether oxygens (including phenoxy) is 1. The second kappa shape index (κ2) is 4.33. The van der Waals surface area contributed by atoms with Crippen LogP contribution in [0.3, 0.4) is 0 Å². The van der Waals surface area contributed by atoms with Gasteiger partial charge in [0.25, 0.3) is 0 Å². The average Bonchev–Trinajstić information content (AvgIpc) is 2.03. The molecule has 2 atom stereocenters. The minimum atomic E-state index is -0.457.